The number of ether oxygens (including phenoxy) is 1. The number of halogens is 2. The number of hydrogen-bond donors (Lipinski definition) is 1. The first-order chi connectivity index (χ1) is 11.9. The lowest BCUT2D eigenvalue weighted by Crippen LogP contribution is -2.21. The second-order valence-electron chi connectivity index (χ2n) is 5.76. The molecule has 8 heteroatoms. The quantitative estimate of drug-likeness (QED) is 0.849. The normalized spacial score (nSPS) is 14.6. The van der Waals surface area contributed by atoms with Crippen LogP contribution in [0.5, 0.6) is 5.75 Å². The molecular weight excluding hydrogens is 367 g/mol. The van der Waals surface area contributed by atoms with Crippen molar-refractivity contribution in [1.82, 2.24) is 0 Å². The van der Waals surface area contributed by atoms with Crippen molar-refractivity contribution < 1.29 is 17.5 Å². The van der Waals surface area contributed by atoms with E-state index < -0.39 is 15.8 Å². The molecule has 0 saturated carbocycles. The third-order valence-electron chi connectivity index (χ3n) is 4.06. The second kappa shape index (κ2) is 7.09. The van der Waals surface area contributed by atoms with Crippen LogP contribution in [0.15, 0.2) is 41.3 Å². The second-order valence-corrected chi connectivity index (χ2v) is 7.84. The molecule has 1 aliphatic heterocycles. The first-order valence-electron chi connectivity index (χ1n) is 7.81. The summed E-state index contributed by atoms with van der Waals surface area (Å²) in [6, 6.07) is 8.42. The fraction of sp³-hybridized carbons (Fsp3) is 0.294. The number of benzene rings is 2. The van der Waals surface area contributed by atoms with Crippen molar-refractivity contribution in [3.63, 3.8) is 0 Å². The van der Waals surface area contributed by atoms with Gasteiger partial charge in [0.2, 0.25) is 0 Å². The third-order valence-corrected chi connectivity index (χ3v) is 5.69. The summed E-state index contributed by atoms with van der Waals surface area (Å²) in [4.78, 5) is 1.94. The number of methoxy groups -OCH3 is 1. The number of sulfonamides is 1. The zero-order valence-corrected chi connectivity index (χ0v) is 15.2. The van der Waals surface area contributed by atoms with E-state index in [1.54, 1.807) is 6.07 Å². The van der Waals surface area contributed by atoms with Crippen LogP contribution in [0.1, 0.15) is 12.8 Å². The molecule has 0 aromatic heterocycles. The lowest BCUT2D eigenvalue weighted by molar-refractivity contribution is 0.403. The third kappa shape index (κ3) is 3.82. The molecule has 0 spiro atoms. The Balaban J connectivity index is 2.01. The fourth-order valence-corrected chi connectivity index (χ4v) is 4.38. The maximum Gasteiger partial charge on any atom is 0.265 e. The van der Waals surface area contributed by atoms with Gasteiger partial charge in [0.15, 0.2) is 0 Å². The average Bonchev–Trinajstić information content (AvgIpc) is 3.09. The molecule has 0 unspecified atom stereocenters. The van der Waals surface area contributed by atoms with E-state index >= 15 is 0 Å². The number of nitrogens with zero attached hydrogens (tertiary/aromatic N) is 1. The predicted molar refractivity (Wildman–Crippen MR) is 96.7 cm³/mol. The van der Waals surface area contributed by atoms with Gasteiger partial charge in [-0.2, -0.15) is 0 Å². The highest BCUT2D eigenvalue weighted by molar-refractivity contribution is 7.92. The van der Waals surface area contributed by atoms with Gasteiger partial charge in [0, 0.05) is 24.2 Å². The Morgan fingerprint density at radius 2 is 1.88 bits per heavy atom. The van der Waals surface area contributed by atoms with Crippen LogP contribution >= 0.6 is 11.6 Å². The summed E-state index contributed by atoms with van der Waals surface area (Å²) < 4.78 is 47.0. The van der Waals surface area contributed by atoms with Crippen LogP contribution in [0.25, 0.3) is 0 Å². The Bertz CT molecular complexity index is 883. The van der Waals surface area contributed by atoms with Crippen LogP contribution < -0.4 is 14.4 Å². The maximum atomic E-state index is 13.7. The van der Waals surface area contributed by atoms with E-state index in [1.807, 2.05) is 4.90 Å². The molecule has 1 aliphatic rings. The molecule has 5 nitrogen and oxygen atoms in total. The minimum absolute atomic E-state index is 0.0980. The molecule has 2 aromatic carbocycles. The molecule has 134 valence electrons. The Morgan fingerprint density at radius 3 is 2.56 bits per heavy atom. The Labute approximate surface area is 151 Å². The van der Waals surface area contributed by atoms with Crippen molar-refractivity contribution in [2.45, 2.75) is 17.7 Å². The standard InChI is InChI=1S/C17H18ClFN2O3S/c1-24-16-7-4-12(18)10-17(16)25(22,23)20-14-11-13(19)5-6-15(14)21-8-2-3-9-21/h4-7,10-11,20H,2-3,8-9H2,1H3. The van der Waals surface area contributed by atoms with E-state index in [9.17, 15) is 12.8 Å². The molecule has 1 saturated heterocycles. The lowest BCUT2D eigenvalue weighted by Gasteiger charge is -2.22. The zero-order valence-electron chi connectivity index (χ0n) is 13.6. The van der Waals surface area contributed by atoms with Gasteiger partial charge in [-0.1, -0.05) is 11.6 Å². The van der Waals surface area contributed by atoms with Gasteiger partial charge >= 0.3 is 0 Å². The Hall–Kier alpha value is -1.99. The number of nitrogens with one attached hydrogen (secondary N) is 1. The van der Waals surface area contributed by atoms with Crippen LogP contribution in [0.4, 0.5) is 15.8 Å². The first kappa shape index (κ1) is 17.8. The van der Waals surface area contributed by atoms with E-state index in [0.717, 1.165) is 25.9 Å². The van der Waals surface area contributed by atoms with E-state index in [2.05, 4.69) is 4.72 Å². The topological polar surface area (TPSA) is 58.6 Å². The van der Waals surface area contributed by atoms with Gasteiger partial charge in [0.1, 0.15) is 16.5 Å². The first-order valence-corrected chi connectivity index (χ1v) is 9.68. The molecule has 1 heterocycles. The van der Waals surface area contributed by atoms with Crippen molar-refractivity contribution in [3.05, 3.63) is 47.2 Å². The monoisotopic (exact) mass is 384 g/mol. The predicted octanol–water partition coefficient (Wildman–Crippen LogP) is 3.89. The molecule has 0 bridgehead atoms. The minimum Gasteiger partial charge on any atom is -0.495 e. The summed E-state index contributed by atoms with van der Waals surface area (Å²) in [7, 11) is -2.63. The van der Waals surface area contributed by atoms with Crippen LogP contribution in [0, 0.1) is 5.82 Å². The Morgan fingerprint density at radius 1 is 1.16 bits per heavy atom. The van der Waals surface area contributed by atoms with Crippen molar-refractivity contribution in [3.8, 4) is 5.75 Å². The van der Waals surface area contributed by atoms with Crippen molar-refractivity contribution in [2.24, 2.45) is 0 Å². The summed E-state index contributed by atoms with van der Waals surface area (Å²) in [6.07, 6.45) is 2.04. The molecule has 1 N–H and O–H groups in total. The van der Waals surface area contributed by atoms with E-state index in [0.29, 0.717) is 5.69 Å². The van der Waals surface area contributed by atoms with Crippen molar-refractivity contribution in [1.29, 1.82) is 0 Å². The molecule has 0 atom stereocenters. The van der Waals surface area contributed by atoms with E-state index in [1.165, 1.54) is 37.4 Å². The van der Waals surface area contributed by atoms with E-state index in [4.69, 9.17) is 16.3 Å². The number of rotatable bonds is 5. The highest BCUT2D eigenvalue weighted by atomic mass is 35.5. The maximum absolute atomic E-state index is 13.7. The van der Waals surface area contributed by atoms with Gasteiger partial charge in [0.05, 0.1) is 18.5 Å². The van der Waals surface area contributed by atoms with Gasteiger partial charge in [-0.25, -0.2) is 12.8 Å². The van der Waals surface area contributed by atoms with Crippen LogP contribution in [-0.4, -0.2) is 28.6 Å². The zero-order chi connectivity index (χ0) is 18.0. The summed E-state index contributed by atoms with van der Waals surface area (Å²) in [6.45, 7) is 1.61. The van der Waals surface area contributed by atoms with Crippen LogP contribution in [0.3, 0.4) is 0 Å². The minimum atomic E-state index is -4.00. The molecule has 0 aliphatic carbocycles. The number of hydrogen-bond acceptors (Lipinski definition) is 4. The summed E-state index contributed by atoms with van der Waals surface area (Å²) >= 11 is 5.93. The molecular formula is C17H18ClFN2O3S. The molecule has 1 fully saturated rings. The lowest BCUT2D eigenvalue weighted by atomic mass is 10.2. The SMILES string of the molecule is COc1ccc(Cl)cc1S(=O)(=O)Nc1cc(F)ccc1N1CCCC1. The summed E-state index contributed by atoms with van der Waals surface area (Å²) in [5, 5.41) is 0.264. The Kier molecular flexibility index (Phi) is 5.06. The number of anilines is 2. The van der Waals surface area contributed by atoms with Crippen molar-refractivity contribution in [2.75, 3.05) is 29.8 Å². The fourth-order valence-electron chi connectivity index (χ4n) is 2.88. The average molecular weight is 385 g/mol. The molecule has 2 aromatic rings. The van der Waals surface area contributed by atoms with Crippen LogP contribution in [-0.2, 0) is 10.0 Å². The molecule has 25 heavy (non-hydrogen) atoms. The van der Waals surface area contributed by atoms with Crippen molar-refractivity contribution >= 4 is 33.0 Å². The molecule has 0 radical (unpaired) electrons. The highest BCUT2D eigenvalue weighted by Gasteiger charge is 2.24. The van der Waals surface area contributed by atoms with Gasteiger partial charge in [-0.3, -0.25) is 4.72 Å². The smallest absolute Gasteiger partial charge is 0.265 e. The molecule has 0 amide bonds. The summed E-state index contributed by atoms with van der Waals surface area (Å²) in [5.41, 5.74) is 0.854. The summed E-state index contributed by atoms with van der Waals surface area (Å²) in [5.74, 6) is -0.352. The highest BCUT2D eigenvalue weighted by Crippen LogP contribution is 2.34. The van der Waals surface area contributed by atoms with Crippen LogP contribution in [0.2, 0.25) is 5.02 Å². The van der Waals surface area contributed by atoms with Gasteiger partial charge in [0.25, 0.3) is 10.0 Å². The van der Waals surface area contributed by atoms with Gasteiger partial charge in [-0.05, 0) is 43.2 Å². The van der Waals surface area contributed by atoms with Gasteiger partial charge < -0.3 is 9.64 Å². The van der Waals surface area contributed by atoms with Gasteiger partial charge in [-0.15, -0.1) is 0 Å². The van der Waals surface area contributed by atoms with E-state index in [-0.39, 0.29) is 21.4 Å². The largest absolute Gasteiger partial charge is 0.495 e. The molecule has 3 rings (SSSR count).